The number of amidine groups is 1. The van der Waals surface area contributed by atoms with E-state index in [1.54, 1.807) is 26.3 Å². The van der Waals surface area contributed by atoms with Gasteiger partial charge in [-0.3, -0.25) is 14.2 Å². The van der Waals surface area contributed by atoms with Gasteiger partial charge >= 0.3 is 0 Å². The van der Waals surface area contributed by atoms with Crippen LogP contribution >= 0.6 is 34.8 Å². The Balaban J connectivity index is 1.96. The maximum Gasteiger partial charge on any atom is 0.266 e. The Hall–Kier alpha value is -3.46. The normalized spacial score (nSPS) is 13.7. The fraction of sp³-hybridized carbons (Fsp3) is 0.185. The predicted molar refractivity (Wildman–Crippen MR) is 153 cm³/mol. The van der Waals surface area contributed by atoms with Gasteiger partial charge in [-0.05, 0) is 44.0 Å². The third-order valence-corrected chi connectivity index (χ3v) is 6.78. The molecule has 1 aromatic heterocycles. The summed E-state index contributed by atoms with van der Waals surface area (Å²) < 4.78 is 16.1. The average molecular weight is 575 g/mol. The molecule has 0 unspecified atom stereocenters. The van der Waals surface area contributed by atoms with Gasteiger partial charge in [0.2, 0.25) is 0 Å². The van der Waals surface area contributed by atoms with Crippen molar-refractivity contribution in [1.29, 1.82) is 0 Å². The van der Waals surface area contributed by atoms with Gasteiger partial charge in [-0.1, -0.05) is 53.5 Å². The first kappa shape index (κ1) is 27.6. The van der Waals surface area contributed by atoms with Gasteiger partial charge in [0.05, 0.1) is 32.4 Å². The van der Waals surface area contributed by atoms with Gasteiger partial charge in [0.15, 0.2) is 17.4 Å². The van der Waals surface area contributed by atoms with Crippen molar-refractivity contribution in [3.63, 3.8) is 0 Å². The number of nitrogens with zero attached hydrogens (tertiary/aromatic N) is 4. The number of hydrogen-bond donors (Lipinski definition) is 1. The van der Waals surface area contributed by atoms with Gasteiger partial charge < -0.3 is 5.73 Å². The van der Waals surface area contributed by atoms with E-state index >= 15 is 0 Å². The smallest absolute Gasteiger partial charge is 0.266 e. The molecule has 11 heteroatoms. The molecule has 0 atom stereocenters. The molecule has 196 valence electrons. The van der Waals surface area contributed by atoms with Crippen molar-refractivity contribution >= 4 is 76.1 Å². The van der Waals surface area contributed by atoms with Crippen molar-refractivity contribution < 1.29 is 14.0 Å². The maximum atomic E-state index is 14.9. The van der Waals surface area contributed by atoms with Crippen LogP contribution in [-0.2, 0) is 0 Å². The minimum absolute atomic E-state index is 0.0197. The monoisotopic (exact) mass is 573 g/mol. The first-order valence-corrected chi connectivity index (χ1v) is 12.7. The molecule has 2 aromatic carbocycles. The summed E-state index contributed by atoms with van der Waals surface area (Å²) in [7, 11) is 1.61. The molecule has 1 saturated carbocycles. The van der Waals surface area contributed by atoms with Crippen molar-refractivity contribution in [2.24, 2.45) is 16.0 Å². The minimum Gasteiger partial charge on any atom is -0.396 e. The molecule has 1 fully saturated rings. The summed E-state index contributed by atoms with van der Waals surface area (Å²) in [5.74, 6) is -1.37. The van der Waals surface area contributed by atoms with Crippen LogP contribution in [0.2, 0.25) is 15.1 Å². The molecule has 38 heavy (non-hydrogen) atoms. The summed E-state index contributed by atoms with van der Waals surface area (Å²) in [5, 5.41) is 6.36. The lowest BCUT2D eigenvalue weighted by molar-refractivity contribution is 0.0962. The highest BCUT2D eigenvalue weighted by molar-refractivity contribution is 6.40. The van der Waals surface area contributed by atoms with E-state index in [1.807, 2.05) is 0 Å². The molecule has 1 heterocycles. The third-order valence-electron chi connectivity index (χ3n) is 5.93. The molecular weight excluding hydrogens is 552 g/mol. The van der Waals surface area contributed by atoms with Crippen LogP contribution in [-0.4, -0.2) is 35.4 Å². The molecule has 2 N–H and O–H groups in total. The van der Waals surface area contributed by atoms with E-state index < -0.39 is 17.5 Å². The largest absolute Gasteiger partial charge is 0.396 e. The summed E-state index contributed by atoms with van der Waals surface area (Å²) in [6, 6.07) is 7.04. The Morgan fingerprint density at radius 1 is 1.18 bits per heavy atom. The fourth-order valence-electron chi connectivity index (χ4n) is 4.01. The van der Waals surface area contributed by atoms with Crippen LogP contribution in [0.3, 0.4) is 0 Å². The number of aromatic nitrogens is 1. The summed E-state index contributed by atoms with van der Waals surface area (Å²) in [4.78, 5) is 31.8. The van der Waals surface area contributed by atoms with Crippen LogP contribution in [0, 0.1) is 11.7 Å². The van der Waals surface area contributed by atoms with E-state index in [2.05, 4.69) is 16.7 Å². The Bertz CT molecular complexity index is 1510. The van der Waals surface area contributed by atoms with Crippen LogP contribution in [0.25, 0.3) is 6.08 Å². The summed E-state index contributed by atoms with van der Waals surface area (Å²) in [5.41, 5.74) is 5.29. The van der Waals surface area contributed by atoms with Crippen molar-refractivity contribution in [1.82, 2.24) is 4.57 Å². The lowest BCUT2D eigenvalue weighted by Gasteiger charge is -2.19. The van der Waals surface area contributed by atoms with Crippen LogP contribution in [0.4, 0.5) is 15.9 Å². The van der Waals surface area contributed by atoms with Gasteiger partial charge in [-0.2, -0.15) is 5.10 Å². The molecule has 0 radical (unpaired) electrons. The SMILES string of the molecule is C=Cc1c(C(=O)c2cc(Cl)cc(N)c2F)cn(C(=O)c2c(Cl)cccc2Cl)c1N(C)/N=C(\N=C/C)C1CC1. The molecule has 0 bridgehead atoms. The zero-order valence-corrected chi connectivity index (χ0v) is 22.8. The van der Waals surface area contributed by atoms with Crippen molar-refractivity contribution in [2.75, 3.05) is 17.8 Å². The van der Waals surface area contributed by atoms with E-state index in [4.69, 9.17) is 40.5 Å². The molecule has 3 aromatic rings. The average Bonchev–Trinajstić information content (AvgIpc) is 3.64. The Labute approximate surface area is 234 Å². The van der Waals surface area contributed by atoms with Gasteiger partial charge in [0.25, 0.3) is 5.91 Å². The van der Waals surface area contributed by atoms with Gasteiger partial charge in [-0.15, -0.1) is 0 Å². The molecular formula is C27H23Cl3FN5O2. The summed E-state index contributed by atoms with van der Waals surface area (Å²) in [6.45, 7) is 5.61. The zero-order chi connectivity index (χ0) is 27.7. The number of benzene rings is 2. The highest BCUT2D eigenvalue weighted by Crippen LogP contribution is 2.36. The fourth-order valence-corrected chi connectivity index (χ4v) is 4.79. The molecule has 1 aliphatic carbocycles. The molecule has 7 nitrogen and oxygen atoms in total. The second-order valence-corrected chi connectivity index (χ2v) is 9.84. The Morgan fingerprint density at radius 3 is 2.42 bits per heavy atom. The number of rotatable bonds is 7. The number of nitrogen functional groups attached to an aromatic ring is 1. The molecule has 0 aliphatic heterocycles. The van der Waals surface area contributed by atoms with Crippen LogP contribution in [0.1, 0.15) is 51.6 Å². The highest BCUT2D eigenvalue weighted by Gasteiger charge is 2.31. The van der Waals surface area contributed by atoms with Gasteiger partial charge in [0.1, 0.15) is 5.82 Å². The summed E-state index contributed by atoms with van der Waals surface area (Å²) in [6.07, 6.45) is 6.17. The number of anilines is 2. The van der Waals surface area contributed by atoms with E-state index in [1.165, 1.54) is 46.1 Å². The molecule has 4 rings (SSSR count). The molecule has 0 amide bonds. The Kier molecular flexibility index (Phi) is 8.06. The molecule has 0 spiro atoms. The first-order valence-electron chi connectivity index (χ1n) is 11.6. The zero-order valence-electron chi connectivity index (χ0n) is 20.5. The number of hydrazone groups is 1. The van der Waals surface area contributed by atoms with E-state index in [-0.39, 0.29) is 54.7 Å². The second-order valence-electron chi connectivity index (χ2n) is 8.59. The van der Waals surface area contributed by atoms with E-state index in [0.29, 0.717) is 5.84 Å². The highest BCUT2D eigenvalue weighted by atomic mass is 35.5. The van der Waals surface area contributed by atoms with Gasteiger partial charge in [0, 0.05) is 36.0 Å². The third kappa shape index (κ3) is 5.25. The van der Waals surface area contributed by atoms with Gasteiger partial charge in [-0.25, -0.2) is 14.4 Å². The number of carbonyl (C=O) groups excluding carboxylic acids is 2. The summed E-state index contributed by atoms with van der Waals surface area (Å²) >= 11 is 18.7. The van der Waals surface area contributed by atoms with Crippen molar-refractivity contribution in [2.45, 2.75) is 19.8 Å². The van der Waals surface area contributed by atoms with E-state index in [9.17, 15) is 14.0 Å². The van der Waals surface area contributed by atoms with Crippen LogP contribution in [0.15, 0.2) is 53.2 Å². The first-order chi connectivity index (χ1) is 18.1. The minimum atomic E-state index is -0.927. The quantitative estimate of drug-likeness (QED) is 0.108. The standard InChI is InChI=1S/C27H23Cl3FN5O2/c1-4-16-18(24(37)17-11-15(28)12-21(32)23(17)31)13-36(27(38)22-19(29)7-6-8-20(22)30)26(16)35(3)34-25(33-5-2)14-9-10-14/h4-8,11-14H,1,9-10,32H2,2-3H3/b33-5-,34-25-. The number of aliphatic imine (C=N–C) groups is 1. The number of ketones is 1. The van der Waals surface area contributed by atoms with Crippen LogP contribution in [0.5, 0.6) is 0 Å². The number of nitrogens with two attached hydrogens (primary N) is 1. The lowest BCUT2D eigenvalue weighted by atomic mass is 10.0. The van der Waals surface area contributed by atoms with Crippen LogP contribution < -0.4 is 10.7 Å². The number of halogens is 4. The maximum absolute atomic E-state index is 14.9. The number of carbonyl (C=O) groups is 2. The van der Waals surface area contributed by atoms with Crippen molar-refractivity contribution in [3.8, 4) is 0 Å². The van der Waals surface area contributed by atoms with Crippen molar-refractivity contribution in [3.05, 3.63) is 86.2 Å². The van der Waals surface area contributed by atoms with E-state index in [0.717, 1.165) is 12.8 Å². The predicted octanol–water partition coefficient (Wildman–Crippen LogP) is 6.98. The molecule has 1 aliphatic rings. The lowest BCUT2D eigenvalue weighted by Crippen LogP contribution is -2.22. The second kappa shape index (κ2) is 11.1. The Morgan fingerprint density at radius 2 is 1.84 bits per heavy atom. The topological polar surface area (TPSA) is 93.0 Å². The number of hydrogen-bond acceptors (Lipinski definition) is 5. The molecule has 0 saturated heterocycles.